The van der Waals surface area contributed by atoms with Crippen molar-refractivity contribution in [2.24, 2.45) is 9.98 Å². The third kappa shape index (κ3) is 6.88. The minimum absolute atomic E-state index is 0.0142. The van der Waals surface area contributed by atoms with E-state index in [1.165, 1.54) is 55.6 Å². The van der Waals surface area contributed by atoms with Crippen molar-refractivity contribution in [3.05, 3.63) is 182 Å². The largest absolute Gasteiger partial charge is 0.456 e. The summed E-state index contributed by atoms with van der Waals surface area (Å²) >= 11 is 0. The van der Waals surface area contributed by atoms with Gasteiger partial charge in [-0.15, -0.1) is 0 Å². The van der Waals surface area contributed by atoms with Crippen LogP contribution in [-0.4, -0.2) is 12.6 Å². The molecule has 0 aliphatic heterocycles. The number of para-hydroxylation sites is 1. The Hall–Kier alpha value is -6.06. The van der Waals surface area contributed by atoms with E-state index in [2.05, 4.69) is 155 Å². The number of aryl methyl sites for hydroxylation is 1. The molecule has 0 radical (unpaired) electrons. The van der Waals surface area contributed by atoms with Crippen LogP contribution in [0.1, 0.15) is 85.4 Å². The van der Waals surface area contributed by atoms with Gasteiger partial charge in [0.15, 0.2) is 5.84 Å². The molecule has 6 aromatic rings. The van der Waals surface area contributed by atoms with Crippen LogP contribution in [0.3, 0.4) is 0 Å². The zero-order valence-electron chi connectivity index (χ0n) is 33.3. The molecular formula is C53H50N2O. The van der Waals surface area contributed by atoms with E-state index in [9.17, 15) is 0 Å². The number of amidine groups is 1. The number of hydrogen-bond donors (Lipinski definition) is 0. The van der Waals surface area contributed by atoms with Gasteiger partial charge in [-0.05, 0) is 125 Å². The molecule has 3 heteroatoms. The molecule has 1 atom stereocenters. The zero-order chi connectivity index (χ0) is 38.8. The van der Waals surface area contributed by atoms with Crippen LogP contribution in [0.25, 0.3) is 46.6 Å². The maximum atomic E-state index is 6.51. The van der Waals surface area contributed by atoms with E-state index in [1.807, 2.05) is 37.3 Å². The molecule has 2 aliphatic rings. The van der Waals surface area contributed by atoms with Crippen molar-refractivity contribution in [3.63, 3.8) is 0 Å². The molecule has 0 spiro atoms. The molecule has 0 saturated heterocycles. The second-order valence-electron chi connectivity index (χ2n) is 15.6. The fourth-order valence-corrected chi connectivity index (χ4v) is 8.76. The fourth-order valence-electron chi connectivity index (χ4n) is 8.76. The third-order valence-corrected chi connectivity index (χ3v) is 11.8. The second-order valence-corrected chi connectivity index (χ2v) is 15.6. The highest BCUT2D eigenvalue weighted by atomic mass is 16.3. The monoisotopic (exact) mass is 730 g/mol. The normalized spacial score (nSPS) is 16.3. The van der Waals surface area contributed by atoms with Crippen LogP contribution in [0.2, 0.25) is 0 Å². The molecule has 2 aliphatic carbocycles. The summed E-state index contributed by atoms with van der Waals surface area (Å²) in [6.07, 6.45) is 16.5. The molecule has 0 amide bonds. The minimum atomic E-state index is -0.0142. The molecule has 0 bridgehead atoms. The van der Waals surface area contributed by atoms with Crippen molar-refractivity contribution in [2.45, 2.75) is 71.6 Å². The Morgan fingerprint density at radius 1 is 0.821 bits per heavy atom. The van der Waals surface area contributed by atoms with Gasteiger partial charge in [-0.2, -0.15) is 0 Å². The molecule has 0 N–H and O–H groups in total. The van der Waals surface area contributed by atoms with Gasteiger partial charge in [0, 0.05) is 21.8 Å². The van der Waals surface area contributed by atoms with Crippen LogP contribution < -0.4 is 21.3 Å². The first-order valence-electron chi connectivity index (χ1n) is 20.0. The molecule has 8 rings (SSSR count). The van der Waals surface area contributed by atoms with Gasteiger partial charge in [-0.3, -0.25) is 0 Å². The maximum Gasteiger partial charge on any atom is 0.152 e. The lowest BCUT2D eigenvalue weighted by Gasteiger charge is -2.22. The van der Waals surface area contributed by atoms with Crippen molar-refractivity contribution < 1.29 is 4.42 Å². The van der Waals surface area contributed by atoms with Gasteiger partial charge in [0.25, 0.3) is 0 Å². The molecule has 5 aromatic carbocycles. The van der Waals surface area contributed by atoms with Gasteiger partial charge in [-0.1, -0.05) is 149 Å². The number of fused-ring (bicyclic) bond motifs is 4. The molecule has 1 aromatic heterocycles. The number of furan rings is 1. The van der Waals surface area contributed by atoms with E-state index < -0.39 is 0 Å². The Balaban J connectivity index is 1.18. The van der Waals surface area contributed by atoms with Crippen molar-refractivity contribution >= 4 is 42.5 Å². The van der Waals surface area contributed by atoms with Gasteiger partial charge in [0.2, 0.25) is 0 Å². The number of benzene rings is 5. The lowest BCUT2D eigenvalue weighted by molar-refractivity contribution is 0.495. The lowest BCUT2D eigenvalue weighted by atomic mass is 9.81. The van der Waals surface area contributed by atoms with Gasteiger partial charge < -0.3 is 4.42 Å². The quantitative estimate of drug-likeness (QED) is 0.108. The zero-order valence-corrected chi connectivity index (χ0v) is 33.3. The molecule has 0 saturated carbocycles. The first kappa shape index (κ1) is 36.9. The molecule has 1 heterocycles. The SMILES string of the molecule is C=NC(C=c1c2c(o/c1=C/C=C\C)=CCC(c1ccc3c(c1)-c1ccccc1C3(C)C)C=2)=Nc1ccccc1Cc1cccc(-c2ccccc2CCC)c1C. The van der Waals surface area contributed by atoms with Crippen LogP contribution in [-0.2, 0) is 18.3 Å². The van der Waals surface area contributed by atoms with Gasteiger partial charge in [-0.25, -0.2) is 9.98 Å². The van der Waals surface area contributed by atoms with Crippen LogP contribution >= 0.6 is 0 Å². The van der Waals surface area contributed by atoms with E-state index in [0.717, 1.165) is 58.2 Å². The topological polar surface area (TPSA) is 37.9 Å². The number of hydrogen-bond acceptors (Lipinski definition) is 2. The molecule has 0 fully saturated rings. The Kier molecular flexibility index (Phi) is 10.3. The average molecular weight is 731 g/mol. The number of nitrogens with zero attached hydrogens (tertiary/aromatic N) is 2. The summed E-state index contributed by atoms with van der Waals surface area (Å²) in [5.41, 5.74) is 17.1. The summed E-state index contributed by atoms with van der Waals surface area (Å²) in [5, 5.41) is 2.03. The Morgan fingerprint density at radius 2 is 1.54 bits per heavy atom. The molecule has 56 heavy (non-hydrogen) atoms. The molecule has 3 nitrogen and oxygen atoms in total. The summed E-state index contributed by atoms with van der Waals surface area (Å²) < 4.78 is 6.51. The van der Waals surface area contributed by atoms with Crippen molar-refractivity contribution in [1.82, 2.24) is 0 Å². The summed E-state index contributed by atoms with van der Waals surface area (Å²) in [7, 11) is 0. The van der Waals surface area contributed by atoms with E-state index in [-0.39, 0.29) is 11.3 Å². The third-order valence-electron chi connectivity index (χ3n) is 11.8. The first-order chi connectivity index (χ1) is 27.3. The first-order valence-corrected chi connectivity index (χ1v) is 20.0. The number of aliphatic imine (C=N–C) groups is 2. The van der Waals surface area contributed by atoms with Gasteiger partial charge in [0.1, 0.15) is 10.8 Å². The second kappa shape index (κ2) is 15.6. The standard InChI is InChI=1S/C53H50N2O/c1-7-9-26-50-46(45-33-39(28-30-51(45)56-50)38-27-29-48-44(32-38)43-22-13-14-24-47(43)53(48,4)5)34-52(54-6)55-49-25-15-11-19-40(49)31-37-20-16-23-41(35(37)3)42-21-12-10-18-36(42)17-8-2/h7,9-16,18-27,29-30,32-34,39H,6,8,17,28,31H2,1-5H3/b9-7-,46-34?,50-26+,55-52?. The summed E-state index contributed by atoms with van der Waals surface area (Å²) in [6.45, 7) is 15.1. The summed E-state index contributed by atoms with van der Waals surface area (Å²) in [6, 6.07) is 39.8. The average Bonchev–Trinajstić information content (AvgIpc) is 3.68. The van der Waals surface area contributed by atoms with Crippen molar-refractivity contribution in [2.75, 3.05) is 0 Å². The van der Waals surface area contributed by atoms with Crippen LogP contribution in [0.15, 0.2) is 136 Å². The fraction of sp³-hybridized carbons (Fsp3) is 0.208. The smallest absolute Gasteiger partial charge is 0.152 e. The Labute approximate surface area is 331 Å². The van der Waals surface area contributed by atoms with Gasteiger partial charge >= 0.3 is 0 Å². The minimum Gasteiger partial charge on any atom is -0.456 e. The summed E-state index contributed by atoms with van der Waals surface area (Å²) in [4.78, 5) is 9.63. The van der Waals surface area contributed by atoms with E-state index >= 15 is 0 Å². The van der Waals surface area contributed by atoms with E-state index in [1.54, 1.807) is 0 Å². The predicted molar refractivity (Wildman–Crippen MR) is 238 cm³/mol. The highest BCUT2D eigenvalue weighted by Crippen LogP contribution is 2.49. The summed E-state index contributed by atoms with van der Waals surface area (Å²) in [5.74, 6) is 0.746. The highest BCUT2D eigenvalue weighted by Gasteiger charge is 2.35. The number of rotatable bonds is 9. The Bertz CT molecular complexity index is 2790. The Morgan fingerprint density at radius 3 is 2.34 bits per heavy atom. The number of allylic oxidation sites excluding steroid dienone is 2. The van der Waals surface area contributed by atoms with E-state index in [4.69, 9.17) is 9.41 Å². The van der Waals surface area contributed by atoms with E-state index in [0.29, 0.717) is 5.84 Å². The van der Waals surface area contributed by atoms with Gasteiger partial charge in [0.05, 0.1) is 5.69 Å². The maximum absolute atomic E-state index is 6.51. The highest BCUT2D eigenvalue weighted by molar-refractivity contribution is 6.11. The molecular weight excluding hydrogens is 681 g/mol. The van der Waals surface area contributed by atoms with Crippen LogP contribution in [0, 0.1) is 6.92 Å². The lowest BCUT2D eigenvalue weighted by Crippen LogP contribution is -2.40. The van der Waals surface area contributed by atoms with Crippen molar-refractivity contribution in [1.29, 1.82) is 0 Å². The van der Waals surface area contributed by atoms with Crippen molar-refractivity contribution in [3.8, 4) is 22.3 Å². The van der Waals surface area contributed by atoms with Crippen LogP contribution in [0.4, 0.5) is 5.69 Å². The van der Waals surface area contributed by atoms with Crippen LogP contribution in [0.5, 0.6) is 0 Å². The molecule has 1 unspecified atom stereocenters. The predicted octanol–water partition coefficient (Wildman–Crippen LogP) is 10.4. The molecule has 278 valence electrons.